The van der Waals surface area contributed by atoms with Crippen LogP contribution in [0.3, 0.4) is 0 Å². The molecular weight excluding hydrogens is 178 g/mol. The fourth-order valence-electron chi connectivity index (χ4n) is 0.944. The van der Waals surface area contributed by atoms with Gasteiger partial charge in [-0.3, -0.25) is 4.84 Å². The van der Waals surface area contributed by atoms with E-state index in [0.29, 0.717) is 10.6 Å². The van der Waals surface area contributed by atoms with Gasteiger partial charge in [0.2, 0.25) is 0 Å². The van der Waals surface area contributed by atoms with Crippen molar-refractivity contribution in [2.75, 3.05) is 21.1 Å². The molecule has 0 aromatic heterocycles. The Morgan fingerprint density at radius 1 is 1.14 bits per heavy atom. The van der Waals surface area contributed by atoms with Crippen LogP contribution in [0.25, 0.3) is 0 Å². The topological polar surface area (TPSA) is 18.5 Å². The molecule has 0 saturated carbocycles. The lowest BCUT2D eigenvalue weighted by Gasteiger charge is -2.22. The molecule has 3 nitrogen and oxygen atoms in total. The van der Waals surface area contributed by atoms with Gasteiger partial charge in [-0.1, -0.05) is 18.2 Å². The van der Waals surface area contributed by atoms with E-state index < -0.39 is 0 Å². The molecule has 1 aromatic rings. The van der Waals surface area contributed by atoms with Crippen LogP contribution < -0.4 is 4.74 Å². The first-order valence-corrected chi connectivity index (χ1v) is 4.40. The van der Waals surface area contributed by atoms with E-state index in [1.165, 1.54) is 0 Å². The molecule has 0 amide bonds. The molecule has 0 aliphatic rings. The first-order chi connectivity index (χ1) is 6.47. The fourth-order valence-corrected chi connectivity index (χ4v) is 0.944. The summed E-state index contributed by atoms with van der Waals surface area (Å²) in [6, 6.07) is 9.42. The molecule has 0 spiro atoms. The highest BCUT2D eigenvalue weighted by molar-refractivity contribution is 5.22. The van der Waals surface area contributed by atoms with E-state index in [-0.39, 0.29) is 0 Å². The number of hydrogen-bond donors (Lipinski definition) is 0. The number of para-hydroxylation sites is 1. The molecule has 3 heteroatoms. The van der Waals surface area contributed by atoms with Crippen molar-refractivity contribution in [2.24, 2.45) is 0 Å². The Bertz CT molecular complexity index is 301. The van der Waals surface area contributed by atoms with E-state index >= 15 is 0 Å². The molecular formula is C11H16NO2+. The van der Waals surface area contributed by atoms with E-state index in [4.69, 9.17) is 9.57 Å². The zero-order valence-corrected chi connectivity index (χ0v) is 8.86. The maximum Gasteiger partial charge on any atom is 0.340 e. The average Bonchev–Trinajstić information content (AvgIpc) is 2.02. The fraction of sp³-hybridized carbons (Fsp3) is 0.273. The summed E-state index contributed by atoms with van der Waals surface area (Å²) < 4.78 is 5.68. The van der Waals surface area contributed by atoms with Crippen LogP contribution in [0.4, 0.5) is 0 Å². The normalized spacial score (nSPS) is 10.8. The minimum absolute atomic E-state index is 0.295. The minimum atomic E-state index is 0.295. The summed E-state index contributed by atoms with van der Waals surface area (Å²) in [6.07, 6.45) is 0. The van der Waals surface area contributed by atoms with Crippen LogP contribution >= 0.6 is 0 Å². The largest absolute Gasteiger partial charge is 0.423 e. The van der Waals surface area contributed by atoms with Crippen molar-refractivity contribution >= 4 is 0 Å². The summed E-state index contributed by atoms with van der Waals surface area (Å²) in [5, 5.41) is 0. The zero-order chi connectivity index (χ0) is 10.6. The van der Waals surface area contributed by atoms with Gasteiger partial charge in [-0.25, -0.2) is 0 Å². The average molecular weight is 194 g/mol. The van der Waals surface area contributed by atoms with Crippen molar-refractivity contribution in [1.82, 2.24) is 0 Å². The van der Waals surface area contributed by atoms with Gasteiger partial charge in [-0.05, 0) is 18.7 Å². The predicted molar refractivity (Wildman–Crippen MR) is 55.3 cm³/mol. The first kappa shape index (κ1) is 10.6. The summed E-state index contributed by atoms with van der Waals surface area (Å²) in [7, 11) is 5.67. The molecule has 0 bridgehead atoms. The Morgan fingerprint density at radius 2 is 1.71 bits per heavy atom. The Kier molecular flexibility index (Phi) is 3.14. The summed E-state index contributed by atoms with van der Waals surface area (Å²) >= 11 is 0. The number of benzene rings is 1. The van der Waals surface area contributed by atoms with Crippen molar-refractivity contribution in [1.29, 1.82) is 0 Å². The molecule has 0 N–H and O–H groups in total. The highest BCUT2D eigenvalue weighted by atomic mass is 16.8. The van der Waals surface area contributed by atoms with Crippen molar-refractivity contribution < 1.29 is 14.2 Å². The third kappa shape index (κ3) is 3.96. The van der Waals surface area contributed by atoms with Crippen LogP contribution in [0.15, 0.2) is 42.9 Å². The molecule has 0 saturated heterocycles. The zero-order valence-electron chi connectivity index (χ0n) is 8.86. The summed E-state index contributed by atoms with van der Waals surface area (Å²) in [4.78, 5) is 5.36. The molecule has 0 aliphatic heterocycles. The van der Waals surface area contributed by atoms with Gasteiger partial charge >= 0.3 is 5.95 Å². The van der Waals surface area contributed by atoms with Crippen LogP contribution in [0.2, 0.25) is 0 Å². The van der Waals surface area contributed by atoms with Gasteiger partial charge in [0.1, 0.15) is 26.9 Å². The van der Waals surface area contributed by atoms with Crippen LogP contribution in [0, 0.1) is 0 Å². The molecule has 1 aromatic carbocycles. The molecule has 0 atom stereocenters. The molecule has 0 aliphatic carbocycles. The van der Waals surface area contributed by atoms with Gasteiger partial charge < -0.3 is 4.74 Å². The molecule has 0 unspecified atom stereocenters. The third-order valence-electron chi connectivity index (χ3n) is 1.35. The minimum Gasteiger partial charge on any atom is -0.423 e. The Morgan fingerprint density at radius 3 is 2.21 bits per heavy atom. The van der Waals surface area contributed by atoms with E-state index in [9.17, 15) is 0 Å². The second-order valence-electron chi connectivity index (χ2n) is 3.77. The molecule has 0 fully saturated rings. The smallest absolute Gasteiger partial charge is 0.340 e. The maximum absolute atomic E-state index is 5.36. The SMILES string of the molecule is C=C(Oc1ccccc1)O[N+](C)(C)C. The number of quaternary nitrogens is 1. The van der Waals surface area contributed by atoms with E-state index in [0.717, 1.165) is 5.75 Å². The molecule has 1 rings (SSSR count). The van der Waals surface area contributed by atoms with E-state index in [1.54, 1.807) is 0 Å². The Balaban J connectivity index is 2.50. The summed E-state index contributed by atoms with van der Waals surface area (Å²) in [5.74, 6) is 1.02. The Hall–Kier alpha value is -1.48. The molecule has 0 heterocycles. The van der Waals surface area contributed by atoms with Crippen LogP contribution in [0.5, 0.6) is 5.75 Å². The van der Waals surface area contributed by atoms with E-state index in [2.05, 4.69) is 6.58 Å². The van der Waals surface area contributed by atoms with Crippen LogP contribution in [0.1, 0.15) is 0 Å². The standard InChI is InChI=1S/C11H16NO2/c1-10(14-12(2,3)4)13-11-8-6-5-7-9-11/h5-9H,1H2,2-4H3/q+1. The van der Waals surface area contributed by atoms with Gasteiger partial charge in [0, 0.05) is 0 Å². The van der Waals surface area contributed by atoms with Crippen molar-refractivity contribution in [2.45, 2.75) is 0 Å². The highest BCUT2D eigenvalue weighted by Crippen LogP contribution is 2.13. The Labute approximate surface area is 84.7 Å². The number of ether oxygens (including phenoxy) is 1. The molecule has 76 valence electrons. The van der Waals surface area contributed by atoms with Crippen molar-refractivity contribution in [3.8, 4) is 5.75 Å². The molecule has 0 radical (unpaired) electrons. The lowest BCUT2D eigenvalue weighted by Crippen LogP contribution is -2.34. The monoisotopic (exact) mass is 194 g/mol. The van der Waals surface area contributed by atoms with Gasteiger partial charge in [0.25, 0.3) is 0 Å². The van der Waals surface area contributed by atoms with Gasteiger partial charge in [-0.15, -0.1) is 4.65 Å². The van der Waals surface area contributed by atoms with Gasteiger partial charge in [0.05, 0.1) is 0 Å². The highest BCUT2D eigenvalue weighted by Gasteiger charge is 2.12. The predicted octanol–water partition coefficient (Wildman–Crippen LogP) is 2.17. The van der Waals surface area contributed by atoms with Crippen LogP contribution in [-0.2, 0) is 4.84 Å². The summed E-state index contributed by atoms with van der Waals surface area (Å²) in [6.45, 7) is 3.68. The van der Waals surface area contributed by atoms with Crippen molar-refractivity contribution in [3.63, 3.8) is 0 Å². The molecule has 14 heavy (non-hydrogen) atoms. The maximum atomic E-state index is 5.36. The number of hydroxylamine groups is 3. The van der Waals surface area contributed by atoms with Crippen LogP contribution in [-0.4, -0.2) is 25.8 Å². The number of nitrogens with zero attached hydrogens (tertiary/aromatic N) is 1. The third-order valence-corrected chi connectivity index (χ3v) is 1.35. The second kappa shape index (κ2) is 4.15. The number of rotatable bonds is 4. The number of hydrogen-bond acceptors (Lipinski definition) is 2. The second-order valence-corrected chi connectivity index (χ2v) is 3.77. The van der Waals surface area contributed by atoms with E-state index in [1.807, 2.05) is 51.5 Å². The first-order valence-electron chi connectivity index (χ1n) is 4.40. The van der Waals surface area contributed by atoms with Crippen molar-refractivity contribution in [3.05, 3.63) is 42.9 Å². The lowest BCUT2D eigenvalue weighted by molar-refractivity contribution is -1.06. The quantitative estimate of drug-likeness (QED) is 0.415. The lowest BCUT2D eigenvalue weighted by atomic mass is 10.3. The van der Waals surface area contributed by atoms with Gasteiger partial charge in [0.15, 0.2) is 0 Å². The summed E-state index contributed by atoms with van der Waals surface area (Å²) in [5.41, 5.74) is 0. The van der Waals surface area contributed by atoms with Gasteiger partial charge in [-0.2, -0.15) is 0 Å².